The number of unbranched alkanes of at least 4 members (excludes halogenated alkanes) is 3. The Labute approximate surface area is 255 Å². The van der Waals surface area contributed by atoms with E-state index in [1.165, 1.54) is 0 Å². The minimum absolute atomic E-state index is 0.162. The van der Waals surface area contributed by atoms with Crippen LogP contribution < -0.4 is 43.6 Å². The third-order valence-electron chi connectivity index (χ3n) is 6.65. The fourth-order valence-electron chi connectivity index (χ4n) is 4.03. The predicted molar refractivity (Wildman–Crippen MR) is 171 cm³/mol. The summed E-state index contributed by atoms with van der Waals surface area (Å²) >= 11 is 8.64. The molecule has 13 heteroatoms. The fourth-order valence-corrected chi connectivity index (χ4v) is 4.64. The van der Waals surface area contributed by atoms with Crippen LogP contribution >= 0.6 is 25.3 Å². The highest BCUT2D eigenvalue weighted by Gasteiger charge is 2.15. The Morgan fingerprint density at radius 1 is 0.683 bits per heavy atom. The summed E-state index contributed by atoms with van der Waals surface area (Å²) in [4.78, 5) is 36.4. The SMILES string of the molecule is NCCCC[C@H](N)C(=O)NCCCC[C@H](N)C(=O)NCCCC[C@H](N)C(=O)NCCOc1ccc(CS)c(CS)c1. The number of rotatable bonds is 23. The number of thiol groups is 2. The molecule has 0 aromatic heterocycles. The quantitative estimate of drug-likeness (QED) is 0.0635. The number of nitrogens with two attached hydrogens (primary N) is 4. The molecule has 0 unspecified atom stereocenters. The van der Waals surface area contributed by atoms with E-state index in [2.05, 4.69) is 41.2 Å². The lowest BCUT2D eigenvalue weighted by Gasteiger charge is -2.15. The molecule has 0 saturated carbocycles. The normalized spacial score (nSPS) is 13.2. The highest BCUT2D eigenvalue weighted by Crippen LogP contribution is 2.20. The molecule has 0 aliphatic rings. The van der Waals surface area contributed by atoms with Gasteiger partial charge in [0.25, 0.3) is 0 Å². The first-order valence-corrected chi connectivity index (χ1v) is 15.8. The molecule has 0 saturated heterocycles. The molecule has 0 aliphatic heterocycles. The lowest BCUT2D eigenvalue weighted by Crippen LogP contribution is -2.42. The van der Waals surface area contributed by atoms with Crippen molar-refractivity contribution in [3.63, 3.8) is 0 Å². The number of carbonyl (C=O) groups excluding carboxylic acids is 3. The topological polar surface area (TPSA) is 201 Å². The molecular formula is C28H51N7O4S2. The molecule has 1 aromatic carbocycles. The van der Waals surface area contributed by atoms with Crippen LogP contribution in [-0.4, -0.2) is 68.6 Å². The highest BCUT2D eigenvalue weighted by molar-refractivity contribution is 7.79. The van der Waals surface area contributed by atoms with Gasteiger partial charge in [-0.2, -0.15) is 25.3 Å². The second-order valence-corrected chi connectivity index (χ2v) is 10.7. The number of benzene rings is 1. The molecule has 0 heterocycles. The first-order valence-electron chi connectivity index (χ1n) is 14.5. The summed E-state index contributed by atoms with van der Waals surface area (Å²) < 4.78 is 5.71. The maximum absolute atomic E-state index is 12.2. The highest BCUT2D eigenvalue weighted by atomic mass is 32.1. The van der Waals surface area contributed by atoms with Crippen LogP contribution in [0.1, 0.15) is 68.9 Å². The molecule has 0 aliphatic carbocycles. The van der Waals surface area contributed by atoms with Gasteiger partial charge in [0.1, 0.15) is 12.4 Å². The van der Waals surface area contributed by atoms with E-state index in [9.17, 15) is 14.4 Å². The smallest absolute Gasteiger partial charge is 0.237 e. The summed E-state index contributed by atoms with van der Waals surface area (Å²) in [6.45, 7) is 2.24. The molecular weight excluding hydrogens is 562 g/mol. The molecule has 0 bridgehead atoms. The first kappa shape index (κ1) is 37.0. The summed E-state index contributed by atoms with van der Waals surface area (Å²) in [5.41, 5.74) is 25.5. The zero-order valence-corrected chi connectivity index (χ0v) is 25.9. The molecule has 1 rings (SSSR count). The number of carbonyl (C=O) groups is 3. The maximum atomic E-state index is 12.2. The molecule has 3 amide bonds. The van der Waals surface area contributed by atoms with Crippen molar-refractivity contribution < 1.29 is 19.1 Å². The van der Waals surface area contributed by atoms with Gasteiger partial charge in [0.15, 0.2) is 0 Å². The summed E-state index contributed by atoms with van der Waals surface area (Å²) in [5.74, 6) is 1.36. The summed E-state index contributed by atoms with van der Waals surface area (Å²) in [6, 6.07) is 4.03. The van der Waals surface area contributed by atoms with Gasteiger partial charge < -0.3 is 43.6 Å². The number of ether oxygens (including phenoxy) is 1. The Hall–Kier alpha value is -2.03. The predicted octanol–water partition coefficient (Wildman–Crippen LogP) is 0.725. The average Bonchev–Trinajstić information content (AvgIpc) is 2.98. The molecule has 0 spiro atoms. The summed E-state index contributed by atoms with van der Waals surface area (Å²) in [7, 11) is 0. The van der Waals surface area contributed by atoms with Gasteiger partial charge in [-0.3, -0.25) is 14.4 Å². The minimum atomic E-state index is -0.626. The Morgan fingerprint density at radius 3 is 1.61 bits per heavy atom. The van der Waals surface area contributed by atoms with Gasteiger partial charge in [0.2, 0.25) is 17.7 Å². The Kier molecular flexibility index (Phi) is 20.4. The maximum Gasteiger partial charge on any atom is 0.237 e. The zero-order valence-electron chi connectivity index (χ0n) is 24.1. The van der Waals surface area contributed by atoms with Crippen LogP contribution in [0.2, 0.25) is 0 Å². The van der Waals surface area contributed by atoms with Crippen molar-refractivity contribution in [2.45, 2.75) is 87.4 Å². The Bertz CT molecular complexity index is 910. The van der Waals surface area contributed by atoms with Gasteiger partial charge in [-0.15, -0.1) is 0 Å². The molecule has 11 N–H and O–H groups in total. The van der Waals surface area contributed by atoms with Crippen molar-refractivity contribution in [2.75, 3.05) is 32.8 Å². The molecule has 41 heavy (non-hydrogen) atoms. The number of hydrogen-bond donors (Lipinski definition) is 9. The van der Waals surface area contributed by atoms with E-state index in [1.807, 2.05) is 18.2 Å². The van der Waals surface area contributed by atoms with Crippen molar-refractivity contribution in [3.05, 3.63) is 29.3 Å². The van der Waals surface area contributed by atoms with Crippen LogP contribution in [-0.2, 0) is 25.9 Å². The van der Waals surface area contributed by atoms with E-state index in [0.29, 0.717) is 82.8 Å². The Morgan fingerprint density at radius 2 is 1.15 bits per heavy atom. The van der Waals surface area contributed by atoms with Gasteiger partial charge >= 0.3 is 0 Å². The molecule has 11 nitrogen and oxygen atoms in total. The van der Waals surface area contributed by atoms with Crippen LogP contribution in [0.25, 0.3) is 0 Å². The van der Waals surface area contributed by atoms with Crippen molar-refractivity contribution >= 4 is 43.0 Å². The summed E-state index contributed by atoms with van der Waals surface area (Å²) in [6.07, 6.45) is 6.15. The molecule has 0 radical (unpaired) electrons. The number of amides is 3. The van der Waals surface area contributed by atoms with E-state index in [4.69, 9.17) is 27.7 Å². The summed E-state index contributed by atoms with van der Waals surface area (Å²) in [5, 5.41) is 8.44. The Balaban J connectivity index is 2.08. The zero-order chi connectivity index (χ0) is 30.5. The lowest BCUT2D eigenvalue weighted by atomic mass is 10.1. The van der Waals surface area contributed by atoms with Crippen molar-refractivity contribution in [1.29, 1.82) is 0 Å². The van der Waals surface area contributed by atoms with Crippen LogP contribution in [0.4, 0.5) is 0 Å². The largest absolute Gasteiger partial charge is 0.492 e. The molecule has 234 valence electrons. The van der Waals surface area contributed by atoms with Crippen LogP contribution in [0.3, 0.4) is 0 Å². The number of nitrogens with one attached hydrogen (secondary N) is 3. The van der Waals surface area contributed by atoms with E-state index in [1.54, 1.807) is 0 Å². The third-order valence-corrected chi connectivity index (χ3v) is 7.33. The standard InChI is InChI=1S/C28H51N7O4S2/c29-12-4-1-7-23(30)26(36)33-13-5-2-8-24(31)27(37)34-14-6-3-9-25(32)28(38)35-15-16-39-22-11-10-20(18-40)21(17-22)19-41/h10-11,17,23-25,40-41H,1-9,12-16,18-19,29-32H2,(H,33,36)(H,34,37)(H,35,38)/t23-,24-,25-/m0/s1. The van der Waals surface area contributed by atoms with E-state index >= 15 is 0 Å². The van der Waals surface area contributed by atoms with Crippen molar-refractivity contribution in [1.82, 2.24) is 16.0 Å². The van der Waals surface area contributed by atoms with E-state index in [-0.39, 0.29) is 17.7 Å². The lowest BCUT2D eigenvalue weighted by molar-refractivity contribution is -0.123. The molecule has 3 atom stereocenters. The van der Waals surface area contributed by atoms with Crippen LogP contribution in [0.15, 0.2) is 18.2 Å². The van der Waals surface area contributed by atoms with E-state index < -0.39 is 18.1 Å². The van der Waals surface area contributed by atoms with Crippen molar-refractivity contribution in [3.8, 4) is 5.75 Å². The number of hydrogen-bond acceptors (Lipinski definition) is 10. The monoisotopic (exact) mass is 613 g/mol. The molecule has 0 fully saturated rings. The van der Waals surface area contributed by atoms with Crippen LogP contribution in [0, 0.1) is 0 Å². The van der Waals surface area contributed by atoms with Gasteiger partial charge in [-0.25, -0.2) is 0 Å². The van der Waals surface area contributed by atoms with Gasteiger partial charge in [0.05, 0.1) is 24.7 Å². The molecule has 1 aromatic rings. The fraction of sp³-hybridized carbons (Fsp3) is 0.679. The van der Waals surface area contributed by atoms with E-state index in [0.717, 1.165) is 36.1 Å². The average molecular weight is 614 g/mol. The van der Waals surface area contributed by atoms with Crippen LogP contribution in [0.5, 0.6) is 5.75 Å². The van der Waals surface area contributed by atoms with Crippen molar-refractivity contribution in [2.24, 2.45) is 22.9 Å². The van der Waals surface area contributed by atoms with Gasteiger partial charge in [0, 0.05) is 24.6 Å². The first-order chi connectivity index (χ1) is 19.7. The second kappa shape index (κ2) is 22.6. The minimum Gasteiger partial charge on any atom is -0.492 e. The third kappa shape index (κ3) is 16.3. The van der Waals surface area contributed by atoms with Gasteiger partial charge in [-0.1, -0.05) is 12.5 Å². The van der Waals surface area contributed by atoms with Gasteiger partial charge in [-0.05, 0) is 81.2 Å². The second-order valence-electron chi connectivity index (χ2n) is 10.1.